The van der Waals surface area contributed by atoms with Crippen molar-refractivity contribution in [3.63, 3.8) is 0 Å². The van der Waals surface area contributed by atoms with Crippen LogP contribution in [0.1, 0.15) is 81.4 Å². The van der Waals surface area contributed by atoms with Gasteiger partial charge in [-0.25, -0.2) is 24.5 Å². The van der Waals surface area contributed by atoms with Crippen molar-refractivity contribution in [2.24, 2.45) is 5.92 Å². The maximum absolute atomic E-state index is 13.7. The largest absolute Gasteiger partial charge is 0.453 e. The molecule has 308 valence electrons. The second kappa shape index (κ2) is 17.6. The van der Waals surface area contributed by atoms with Gasteiger partial charge in [-0.15, -0.1) is 0 Å². The molecule has 2 saturated heterocycles. The highest BCUT2D eigenvalue weighted by Gasteiger charge is 2.39. The van der Waals surface area contributed by atoms with Crippen molar-refractivity contribution in [2.75, 3.05) is 34.4 Å². The van der Waals surface area contributed by atoms with Crippen molar-refractivity contribution >= 4 is 45.8 Å². The number of amides is 4. The zero-order valence-corrected chi connectivity index (χ0v) is 34.0. The fourth-order valence-electron chi connectivity index (χ4n) is 7.86. The van der Waals surface area contributed by atoms with Crippen LogP contribution >= 0.6 is 0 Å². The van der Waals surface area contributed by atoms with Gasteiger partial charge in [0.1, 0.15) is 29.4 Å². The molecule has 2 aliphatic heterocycles. The Hall–Kier alpha value is -6.47. The van der Waals surface area contributed by atoms with Crippen LogP contribution in [-0.4, -0.2) is 111 Å². The van der Waals surface area contributed by atoms with E-state index in [-0.39, 0.29) is 29.8 Å². The van der Waals surface area contributed by atoms with E-state index < -0.39 is 30.4 Å². The molecule has 2 aliphatic rings. The summed E-state index contributed by atoms with van der Waals surface area (Å²) in [6.45, 7) is 6.61. The predicted octanol–water partition coefficient (Wildman–Crippen LogP) is 5.37. The second-order valence-electron chi connectivity index (χ2n) is 15.2. The van der Waals surface area contributed by atoms with Gasteiger partial charge in [0, 0.05) is 42.9 Å². The molecule has 16 nitrogen and oxygen atoms in total. The fourth-order valence-corrected chi connectivity index (χ4v) is 7.86. The molecule has 3 aromatic heterocycles. The lowest BCUT2D eigenvalue weighted by atomic mass is 10.0. The lowest BCUT2D eigenvalue weighted by Gasteiger charge is -2.30. The number of hydrogen-bond acceptors (Lipinski definition) is 10. The van der Waals surface area contributed by atoms with E-state index in [0.717, 1.165) is 64.3 Å². The molecule has 4 N–H and O–H groups in total. The molecule has 5 atom stereocenters. The number of alkyl carbamates (subject to hydrolysis) is 2. The Morgan fingerprint density at radius 2 is 1.46 bits per heavy atom. The zero-order valence-electron chi connectivity index (χ0n) is 34.0. The molecule has 5 aromatic rings. The highest BCUT2D eigenvalue weighted by Crippen LogP contribution is 2.35. The van der Waals surface area contributed by atoms with Gasteiger partial charge in [-0.2, -0.15) is 0 Å². The summed E-state index contributed by atoms with van der Waals surface area (Å²) < 4.78 is 14.9. The lowest BCUT2D eigenvalue weighted by Crippen LogP contribution is -2.54. The first-order valence-electron chi connectivity index (χ1n) is 19.8. The summed E-state index contributed by atoms with van der Waals surface area (Å²) in [5, 5.41) is 7.23. The SMILES string of the molecule is COC(=O)N[C@H](C(=O)N1CCC[C@H]1c1ncc(-c2ccc(C#Cc3ccc4c(ccc5[nH]c([C@@H]6CCCN6C(=O)[C@@H](NC(=O)OC)[C@@H](C)OC)nc54)c3)nc2)[nH]1)C(C)C. The average molecular weight is 804 g/mol. The molecule has 0 spiro atoms. The minimum atomic E-state index is -0.910. The Morgan fingerprint density at radius 3 is 2.10 bits per heavy atom. The summed E-state index contributed by atoms with van der Waals surface area (Å²) in [7, 11) is 4.03. The van der Waals surface area contributed by atoms with Crippen molar-refractivity contribution < 1.29 is 33.4 Å². The molecule has 0 bridgehead atoms. The summed E-state index contributed by atoms with van der Waals surface area (Å²) in [4.78, 5) is 75.8. The third kappa shape index (κ3) is 8.56. The van der Waals surface area contributed by atoms with E-state index in [1.165, 1.54) is 21.3 Å². The molecule has 0 unspecified atom stereocenters. The van der Waals surface area contributed by atoms with E-state index in [2.05, 4.69) is 42.4 Å². The second-order valence-corrected chi connectivity index (χ2v) is 15.2. The lowest BCUT2D eigenvalue weighted by molar-refractivity contribution is -0.137. The van der Waals surface area contributed by atoms with Crippen molar-refractivity contribution in [1.29, 1.82) is 0 Å². The molecule has 0 saturated carbocycles. The van der Waals surface area contributed by atoms with Crippen molar-refractivity contribution in [1.82, 2.24) is 45.4 Å². The molecule has 0 aliphatic carbocycles. The first-order valence-corrected chi connectivity index (χ1v) is 19.8. The first kappa shape index (κ1) is 40.7. The van der Waals surface area contributed by atoms with Gasteiger partial charge in [0.15, 0.2) is 0 Å². The van der Waals surface area contributed by atoms with Crippen molar-refractivity contribution in [3.8, 4) is 23.1 Å². The third-order valence-electron chi connectivity index (χ3n) is 11.2. The van der Waals surface area contributed by atoms with Crippen LogP contribution < -0.4 is 10.6 Å². The number of likely N-dealkylation sites (tertiary alicyclic amines) is 2. The van der Waals surface area contributed by atoms with Crippen LogP contribution in [0.15, 0.2) is 54.9 Å². The molecule has 59 heavy (non-hydrogen) atoms. The van der Waals surface area contributed by atoms with Crippen LogP contribution in [0.25, 0.3) is 33.1 Å². The van der Waals surface area contributed by atoms with Gasteiger partial charge < -0.3 is 44.6 Å². The number of methoxy groups -OCH3 is 3. The molecule has 16 heteroatoms. The third-order valence-corrected chi connectivity index (χ3v) is 11.2. The van der Waals surface area contributed by atoms with Crippen molar-refractivity contribution in [3.05, 3.63) is 77.8 Å². The number of nitrogens with one attached hydrogen (secondary N) is 4. The van der Waals surface area contributed by atoms with Gasteiger partial charge in [0.05, 0.1) is 55.3 Å². The van der Waals surface area contributed by atoms with Gasteiger partial charge in [-0.1, -0.05) is 31.9 Å². The minimum Gasteiger partial charge on any atom is -0.453 e. The molecule has 2 fully saturated rings. The molecule has 5 heterocycles. The first-order chi connectivity index (χ1) is 28.5. The number of hydrogen-bond donors (Lipinski definition) is 4. The Labute approximate surface area is 341 Å². The van der Waals surface area contributed by atoms with Gasteiger partial charge >= 0.3 is 12.2 Å². The summed E-state index contributed by atoms with van der Waals surface area (Å²) in [5.41, 5.74) is 4.68. The summed E-state index contributed by atoms with van der Waals surface area (Å²) in [6, 6.07) is 11.6. The Kier molecular flexibility index (Phi) is 12.1. The van der Waals surface area contributed by atoms with E-state index in [0.29, 0.717) is 30.4 Å². The number of aromatic nitrogens is 5. The molecule has 2 aromatic carbocycles. The van der Waals surface area contributed by atoms with Crippen LogP contribution in [-0.2, 0) is 23.8 Å². The number of imidazole rings is 2. The normalized spacial score (nSPS) is 18.0. The van der Waals surface area contributed by atoms with Crippen LogP contribution in [0.2, 0.25) is 0 Å². The fraction of sp³-hybridized carbons (Fsp3) is 0.419. The Balaban J connectivity index is 1.04. The van der Waals surface area contributed by atoms with Crippen LogP contribution in [0.4, 0.5) is 9.59 Å². The Bertz CT molecular complexity index is 2410. The van der Waals surface area contributed by atoms with Crippen molar-refractivity contribution in [2.45, 2.75) is 76.7 Å². The molecule has 7 rings (SSSR count). The van der Waals surface area contributed by atoms with Crippen LogP contribution in [0.3, 0.4) is 0 Å². The summed E-state index contributed by atoms with van der Waals surface area (Å²) in [5.74, 6) is 7.23. The number of aromatic amines is 2. The maximum Gasteiger partial charge on any atom is 0.407 e. The van der Waals surface area contributed by atoms with E-state index in [9.17, 15) is 19.2 Å². The smallest absolute Gasteiger partial charge is 0.407 e. The van der Waals surface area contributed by atoms with Gasteiger partial charge in [0.25, 0.3) is 0 Å². The number of rotatable bonds is 10. The van der Waals surface area contributed by atoms with E-state index in [1.54, 1.807) is 29.1 Å². The van der Waals surface area contributed by atoms with Crippen LogP contribution in [0.5, 0.6) is 0 Å². The number of nitrogens with zero attached hydrogens (tertiary/aromatic N) is 5. The monoisotopic (exact) mass is 803 g/mol. The van der Waals surface area contributed by atoms with Gasteiger partial charge in [0.2, 0.25) is 11.8 Å². The number of carbonyl (C=O) groups is 4. The Morgan fingerprint density at radius 1 is 0.780 bits per heavy atom. The molecule has 0 radical (unpaired) electrons. The van der Waals surface area contributed by atoms with E-state index in [4.69, 9.17) is 19.2 Å². The highest BCUT2D eigenvalue weighted by atomic mass is 16.5. The summed E-state index contributed by atoms with van der Waals surface area (Å²) in [6.07, 6.45) is 4.69. The molecule has 4 amide bonds. The molecular formula is C43H49N9O7. The topological polar surface area (TPSA) is 197 Å². The number of fused-ring (bicyclic) bond motifs is 3. The number of pyridine rings is 1. The quantitative estimate of drug-likeness (QED) is 0.133. The minimum absolute atomic E-state index is 0.120. The zero-order chi connectivity index (χ0) is 41.8. The predicted molar refractivity (Wildman–Crippen MR) is 219 cm³/mol. The number of carbonyl (C=O) groups excluding carboxylic acids is 4. The number of H-pyrrole nitrogens is 2. The summed E-state index contributed by atoms with van der Waals surface area (Å²) >= 11 is 0. The number of benzene rings is 2. The average Bonchev–Trinajstić information content (AvgIpc) is 4.09. The highest BCUT2D eigenvalue weighted by molar-refractivity contribution is 6.04. The number of ether oxygens (including phenoxy) is 3. The standard InChI is InChI=1S/C43H49N9O7/c1-24(2)35(49-42(55)58-5)40(53)51-19-7-9-33(51)38-45-23-32(47-38)28-13-16-29(44-22-28)15-11-26-12-17-30-27(21-26)14-18-31-37(30)48-39(46-31)34-10-8-20-52(34)41(54)36(25(3)57-4)50-43(56)59-6/h12-14,16-18,21-25,33-36H,7-10,19-20H2,1-6H3,(H,45,47)(H,46,48)(H,49,55)(H,50,56)/t25-,33+,34+,35+,36+/m1/s1. The molecular weight excluding hydrogens is 755 g/mol. The maximum atomic E-state index is 13.7. The van der Waals surface area contributed by atoms with E-state index >= 15 is 0 Å². The van der Waals surface area contributed by atoms with E-state index in [1.807, 2.05) is 56.3 Å². The van der Waals surface area contributed by atoms with Gasteiger partial charge in [-0.3, -0.25) is 9.59 Å². The van der Waals surface area contributed by atoms with Crippen LogP contribution in [0, 0.1) is 17.8 Å². The van der Waals surface area contributed by atoms with Gasteiger partial charge in [-0.05, 0) is 80.2 Å².